The van der Waals surface area contributed by atoms with Gasteiger partial charge in [0.25, 0.3) is 0 Å². The average Bonchev–Trinajstić information content (AvgIpc) is 3.24. The third kappa shape index (κ3) is 43.0. The number of phosphoric acid groups is 2. The number of esters is 2. The number of allylic oxidation sites excluding steroid dienone is 10. The normalized spacial score (nSPS) is 15.8. The molecule has 360 valence electrons. The third-order valence-corrected chi connectivity index (χ3v) is 10.9. The van der Waals surface area contributed by atoms with Crippen molar-refractivity contribution in [1.82, 2.24) is 0 Å². The minimum absolute atomic E-state index is 0.0886. The van der Waals surface area contributed by atoms with Crippen LogP contribution in [0.3, 0.4) is 0 Å². The van der Waals surface area contributed by atoms with Gasteiger partial charge < -0.3 is 34.6 Å². The van der Waals surface area contributed by atoms with Crippen LogP contribution in [0.2, 0.25) is 0 Å². The van der Waals surface area contributed by atoms with Crippen molar-refractivity contribution in [2.24, 2.45) is 0 Å². The molecule has 0 aromatic heterocycles. The fraction of sp³-hybridized carbons (Fsp3) is 0.733. The molecular weight excluding hydrogens is 842 g/mol. The van der Waals surface area contributed by atoms with E-state index < -0.39 is 85.5 Å². The molecule has 0 saturated heterocycles. The van der Waals surface area contributed by atoms with E-state index in [2.05, 4.69) is 80.6 Å². The highest BCUT2D eigenvalue weighted by Gasteiger charge is 2.28. The number of rotatable bonds is 43. The minimum atomic E-state index is -4.80. The second-order valence-electron chi connectivity index (χ2n) is 15.1. The second kappa shape index (κ2) is 41.4. The summed E-state index contributed by atoms with van der Waals surface area (Å²) in [7, 11) is -9.59. The number of unbranched alkanes of at least 4 members (excludes halogenated alkanes) is 13. The third-order valence-electron chi connectivity index (χ3n) is 8.96. The number of aliphatic hydroxyl groups is 3. The van der Waals surface area contributed by atoms with E-state index in [1.807, 2.05) is 12.2 Å². The van der Waals surface area contributed by atoms with E-state index in [1.54, 1.807) is 0 Å². The van der Waals surface area contributed by atoms with Gasteiger partial charge in [-0.15, -0.1) is 0 Å². The molecule has 0 rings (SSSR count). The maximum Gasteiger partial charge on any atom is 0.472 e. The molecule has 0 aromatic rings. The smallest absolute Gasteiger partial charge is 0.463 e. The van der Waals surface area contributed by atoms with Crippen LogP contribution < -0.4 is 0 Å². The van der Waals surface area contributed by atoms with E-state index in [4.69, 9.17) is 9.47 Å². The zero-order valence-corrected chi connectivity index (χ0v) is 39.3. The van der Waals surface area contributed by atoms with Gasteiger partial charge in [-0.1, -0.05) is 132 Å². The van der Waals surface area contributed by atoms with Gasteiger partial charge in [0.15, 0.2) is 0 Å². The zero-order valence-electron chi connectivity index (χ0n) is 37.5. The highest BCUT2D eigenvalue weighted by Crippen LogP contribution is 2.45. The van der Waals surface area contributed by atoms with Crippen molar-refractivity contribution in [3.63, 3.8) is 0 Å². The molecule has 0 amide bonds. The van der Waals surface area contributed by atoms with Crippen molar-refractivity contribution >= 4 is 27.6 Å². The molecule has 0 aliphatic carbocycles. The Morgan fingerprint density at radius 3 is 1.16 bits per heavy atom. The van der Waals surface area contributed by atoms with Gasteiger partial charge in [-0.2, -0.15) is 0 Å². The Balaban J connectivity index is 3.98. The topological polar surface area (TPSA) is 225 Å². The number of hydrogen-bond acceptors (Lipinski definition) is 13. The summed E-state index contributed by atoms with van der Waals surface area (Å²) in [4.78, 5) is 43.6. The van der Waals surface area contributed by atoms with Gasteiger partial charge in [-0.25, -0.2) is 9.13 Å². The molecule has 0 aromatic carbocycles. The molecule has 0 fully saturated rings. The van der Waals surface area contributed by atoms with Crippen LogP contribution in [0, 0.1) is 0 Å². The van der Waals surface area contributed by atoms with Crippen LogP contribution in [0.25, 0.3) is 0 Å². The van der Waals surface area contributed by atoms with Gasteiger partial charge in [0.05, 0.1) is 26.4 Å². The second-order valence-corrected chi connectivity index (χ2v) is 18.0. The first-order valence-electron chi connectivity index (χ1n) is 22.6. The first kappa shape index (κ1) is 59.7. The van der Waals surface area contributed by atoms with Gasteiger partial charge in [0.1, 0.15) is 31.5 Å². The Morgan fingerprint density at radius 2 is 0.726 bits per heavy atom. The van der Waals surface area contributed by atoms with E-state index in [-0.39, 0.29) is 12.8 Å². The molecule has 0 aliphatic heterocycles. The van der Waals surface area contributed by atoms with Crippen molar-refractivity contribution in [2.45, 2.75) is 173 Å². The van der Waals surface area contributed by atoms with Crippen molar-refractivity contribution in [2.75, 3.05) is 39.6 Å². The fourth-order valence-electron chi connectivity index (χ4n) is 5.39. The molecule has 5 unspecified atom stereocenters. The van der Waals surface area contributed by atoms with Gasteiger partial charge in [0, 0.05) is 12.8 Å². The predicted octanol–water partition coefficient (Wildman–Crippen LogP) is 9.83. The zero-order chi connectivity index (χ0) is 46.0. The van der Waals surface area contributed by atoms with Crippen molar-refractivity contribution in [3.8, 4) is 0 Å². The maximum absolute atomic E-state index is 12.1. The largest absolute Gasteiger partial charge is 0.472 e. The molecule has 0 radical (unpaired) electrons. The molecule has 5 atom stereocenters. The van der Waals surface area contributed by atoms with Crippen LogP contribution in [0.5, 0.6) is 0 Å². The standard InChI is InChI=1S/C45H80O15P2/c1-3-5-7-9-11-13-15-17-18-19-20-22-24-26-28-30-32-34-45(50)56-36-42(47)38-58-62(53,54)60-40-43(48)39-59-61(51,52)57-37-41(46)35-55-44(49)33-31-29-27-25-23-21-16-14-12-10-8-6-4-2/h11,13,17-18,20-23,27,29,41-43,46-48H,3-10,12,14-16,19,24-26,28,30-40H2,1-2H3,(H,51,52)(H,53,54)/b13-11-,18-17-,22-20-,23-21-,29-27+. The molecule has 0 bridgehead atoms. The Labute approximate surface area is 371 Å². The lowest BCUT2D eigenvalue weighted by atomic mass is 10.1. The summed E-state index contributed by atoms with van der Waals surface area (Å²) in [5, 5.41) is 29.9. The summed E-state index contributed by atoms with van der Waals surface area (Å²) in [6, 6.07) is 0. The summed E-state index contributed by atoms with van der Waals surface area (Å²) >= 11 is 0. The van der Waals surface area contributed by atoms with Gasteiger partial charge in [-0.3, -0.25) is 27.7 Å². The molecule has 0 aliphatic rings. The van der Waals surface area contributed by atoms with E-state index >= 15 is 0 Å². The highest BCUT2D eigenvalue weighted by molar-refractivity contribution is 7.47. The fourth-order valence-corrected chi connectivity index (χ4v) is 6.98. The van der Waals surface area contributed by atoms with Crippen molar-refractivity contribution < 1.29 is 71.4 Å². The number of carbonyl (C=O) groups excluding carboxylic acids is 2. The van der Waals surface area contributed by atoms with E-state index in [1.165, 1.54) is 57.8 Å². The Morgan fingerprint density at radius 1 is 0.419 bits per heavy atom. The van der Waals surface area contributed by atoms with Crippen LogP contribution in [-0.4, -0.2) is 95.0 Å². The quantitative estimate of drug-likeness (QED) is 0.0166. The van der Waals surface area contributed by atoms with E-state index in [9.17, 15) is 43.8 Å². The summed E-state index contributed by atoms with van der Waals surface area (Å²) in [6.07, 6.45) is 38.0. The first-order chi connectivity index (χ1) is 29.8. The van der Waals surface area contributed by atoms with Gasteiger partial charge in [0.2, 0.25) is 0 Å². The Hall–Kier alpha value is -2.26. The lowest BCUT2D eigenvalue weighted by molar-refractivity contribution is -0.148. The molecule has 0 heterocycles. The van der Waals surface area contributed by atoms with Gasteiger partial charge in [-0.05, 0) is 70.6 Å². The summed E-state index contributed by atoms with van der Waals surface area (Å²) in [5.74, 6) is -1.09. The lowest BCUT2D eigenvalue weighted by Gasteiger charge is -2.19. The van der Waals surface area contributed by atoms with Gasteiger partial charge >= 0.3 is 27.6 Å². The van der Waals surface area contributed by atoms with Crippen molar-refractivity contribution in [3.05, 3.63) is 60.8 Å². The van der Waals surface area contributed by atoms with Crippen molar-refractivity contribution in [1.29, 1.82) is 0 Å². The molecule has 15 nitrogen and oxygen atoms in total. The van der Waals surface area contributed by atoms with E-state index in [0.29, 0.717) is 12.8 Å². The van der Waals surface area contributed by atoms with Crippen LogP contribution in [0.15, 0.2) is 60.8 Å². The SMILES string of the molecule is CCCCC/C=C\C/C=C\C/C=C\CCCCCCC(=O)OCC(O)COP(=O)(O)OCC(O)COP(=O)(O)OCC(O)COC(=O)CC/C=C/C/C=C\CCCCCCCC. The molecular formula is C45H80O15P2. The average molecular weight is 923 g/mol. The molecule has 0 spiro atoms. The number of aliphatic hydroxyl groups excluding tert-OH is 3. The number of carbonyl (C=O) groups is 2. The highest BCUT2D eigenvalue weighted by atomic mass is 31.2. The Kier molecular flexibility index (Phi) is 39.9. The van der Waals surface area contributed by atoms with Crippen LogP contribution in [0.4, 0.5) is 0 Å². The number of phosphoric ester groups is 2. The lowest BCUT2D eigenvalue weighted by Crippen LogP contribution is -2.25. The summed E-state index contributed by atoms with van der Waals surface area (Å²) in [6.45, 7) is 0.263. The summed E-state index contributed by atoms with van der Waals surface area (Å²) < 4.78 is 52.8. The molecule has 17 heteroatoms. The first-order valence-corrected chi connectivity index (χ1v) is 25.6. The van der Waals surface area contributed by atoms with Crippen LogP contribution >= 0.6 is 15.6 Å². The molecule has 62 heavy (non-hydrogen) atoms. The molecule has 0 saturated carbocycles. The number of ether oxygens (including phenoxy) is 2. The predicted molar refractivity (Wildman–Crippen MR) is 242 cm³/mol. The summed E-state index contributed by atoms with van der Waals surface area (Å²) in [5.41, 5.74) is 0. The monoisotopic (exact) mass is 922 g/mol. The van der Waals surface area contributed by atoms with Crippen LogP contribution in [-0.2, 0) is 46.3 Å². The Bertz CT molecular complexity index is 1350. The van der Waals surface area contributed by atoms with Crippen LogP contribution in [0.1, 0.15) is 155 Å². The number of hydrogen-bond donors (Lipinski definition) is 5. The molecule has 5 N–H and O–H groups in total. The minimum Gasteiger partial charge on any atom is -0.463 e. The maximum atomic E-state index is 12.1. The van der Waals surface area contributed by atoms with E-state index in [0.717, 1.165) is 57.8 Å².